The summed E-state index contributed by atoms with van der Waals surface area (Å²) in [5.41, 5.74) is 1.50. The van der Waals surface area contributed by atoms with E-state index in [2.05, 4.69) is 15.9 Å². The number of rotatable bonds is 4. The SMILES string of the molecule is OCC(O)C(c1cccc(F)c1)n1ccc2cccc(Br)c21. The summed E-state index contributed by atoms with van der Waals surface area (Å²) in [5, 5.41) is 20.7. The van der Waals surface area contributed by atoms with E-state index >= 15 is 0 Å². The van der Waals surface area contributed by atoms with Gasteiger partial charge in [0.2, 0.25) is 0 Å². The molecule has 0 saturated heterocycles. The monoisotopic (exact) mass is 363 g/mol. The second-order valence-corrected chi connectivity index (χ2v) is 6.00. The van der Waals surface area contributed by atoms with Crippen molar-refractivity contribution in [3.63, 3.8) is 0 Å². The van der Waals surface area contributed by atoms with Crippen LogP contribution in [0, 0.1) is 5.82 Å². The average molecular weight is 364 g/mol. The molecule has 0 aliphatic rings. The Morgan fingerprint density at radius 1 is 1.14 bits per heavy atom. The average Bonchev–Trinajstić information content (AvgIpc) is 2.93. The summed E-state index contributed by atoms with van der Waals surface area (Å²) in [6, 6.07) is 13.2. The highest BCUT2D eigenvalue weighted by atomic mass is 79.9. The van der Waals surface area contributed by atoms with Crippen molar-refractivity contribution in [1.29, 1.82) is 0 Å². The lowest BCUT2D eigenvalue weighted by Crippen LogP contribution is -2.28. The molecule has 0 spiro atoms. The normalized spacial score (nSPS) is 14.2. The molecule has 2 aromatic carbocycles. The predicted molar refractivity (Wildman–Crippen MR) is 87.3 cm³/mol. The van der Waals surface area contributed by atoms with Gasteiger partial charge in [0, 0.05) is 16.1 Å². The lowest BCUT2D eigenvalue weighted by molar-refractivity contribution is 0.0653. The van der Waals surface area contributed by atoms with Crippen molar-refractivity contribution in [3.05, 3.63) is 70.6 Å². The highest BCUT2D eigenvalue weighted by molar-refractivity contribution is 9.10. The third-order valence-corrected chi connectivity index (χ3v) is 4.37. The third-order valence-electron chi connectivity index (χ3n) is 3.73. The molecule has 114 valence electrons. The largest absolute Gasteiger partial charge is 0.394 e. The minimum absolute atomic E-state index is 0.372. The van der Waals surface area contributed by atoms with E-state index in [0.717, 1.165) is 15.4 Å². The summed E-state index contributed by atoms with van der Waals surface area (Å²) in [6.07, 6.45) is 0.800. The maximum absolute atomic E-state index is 13.6. The number of hydrogen-bond acceptors (Lipinski definition) is 2. The number of halogens is 2. The van der Waals surface area contributed by atoms with E-state index in [4.69, 9.17) is 0 Å². The van der Waals surface area contributed by atoms with Crippen LogP contribution in [-0.4, -0.2) is 27.5 Å². The molecule has 0 aliphatic heterocycles. The van der Waals surface area contributed by atoms with Crippen molar-refractivity contribution in [3.8, 4) is 0 Å². The van der Waals surface area contributed by atoms with E-state index in [0.29, 0.717) is 5.56 Å². The van der Waals surface area contributed by atoms with Crippen LogP contribution in [0.25, 0.3) is 10.9 Å². The van der Waals surface area contributed by atoms with E-state index in [1.807, 2.05) is 35.0 Å². The first-order valence-electron chi connectivity index (χ1n) is 6.91. The number of hydrogen-bond donors (Lipinski definition) is 2. The molecule has 0 amide bonds. The molecule has 0 fully saturated rings. The second kappa shape index (κ2) is 6.20. The highest BCUT2D eigenvalue weighted by Gasteiger charge is 2.24. The van der Waals surface area contributed by atoms with Crippen LogP contribution >= 0.6 is 15.9 Å². The minimum Gasteiger partial charge on any atom is -0.394 e. The molecule has 0 saturated carbocycles. The molecule has 3 nitrogen and oxygen atoms in total. The smallest absolute Gasteiger partial charge is 0.123 e. The van der Waals surface area contributed by atoms with Gasteiger partial charge in [0.25, 0.3) is 0 Å². The van der Waals surface area contributed by atoms with Crippen LogP contribution in [-0.2, 0) is 0 Å². The summed E-state index contributed by atoms with van der Waals surface area (Å²) in [6.45, 7) is -0.411. The van der Waals surface area contributed by atoms with Gasteiger partial charge in [0.05, 0.1) is 18.2 Å². The molecule has 3 rings (SSSR count). The molecule has 22 heavy (non-hydrogen) atoms. The Labute approximate surface area is 135 Å². The quantitative estimate of drug-likeness (QED) is 0.745. The summed E-state index contributed by atoms with van der Waals surface area (Å²) in [7, 11) is 0. The summed E-state index contributed by atoms with van der Waals surface area (Å²) in [5.74, 6) is -0.372. The topological polar surface area (TPSA) is 45.4 Å². The van der Waals surface area contributed by atoms with Gasteiger partial charge < -0.3 is 14.8 Å². The number of fused-ring (bicyclic) bond motifs is 1. The standard InChI is InChI=1S/C17H15BrFNO2/c18-14-6-2-3-11-7-8-20(16(11)14)17(15(22)10-21)12-4-1-5-13(19)9-12/h1-9,15,17,21-22H,10H2. The summed E-state index contributed by atoms with van der Waals surface area (Å²) < 4.78 is 16.3. The van der Waals surface area contributed by atoms with Crippen LogP contribution < -0.4 is 0 Å². The molecule has 2 unspecified atom stereocenters. The number of para-hydroxylation sites is 1. The van der Waals surface area contributed by atoms with E-state index in [-0.39, 0.29) is 5.82 Å². The zero-order valence-electron chi connectivity index (χ0n) is 11.7. The Kier molecular flexibility index (Phi) is 4.29. The fraction of sp³-hybridized carbons (Fsp3) is 0.176. The van der Waals surface area contributed by atoms with Crippen molar-refractivity contribution in [1.82, 2.24) is 4.57 Å². The van der Waals surface area contributed by atoms with E-state index in [1.54, 1.807) is 12.1 Å². The van der Waals surface area contributed by atoms with Crippen LogP contribution in [0.5, 0.6) is 0 Å². The highest BCUT2D eigenvalue weighted by Crippen LogP contribution is 2.32. The maximum Gasteiger partial charge on any atom is 0.123 e. The van der Waals surface area contributed by atoms with E-state index < -0.39 is 18.8 Å². The number of nitrogens with zero attached hydrogens (tertiary/aromatic N) is 1. The molecule has 1 heterocycles. The zero-order chi connectivity index (χ0) is 15.7. The van der Waals surface area contributed by atoms with Gasteiger partial charge in [0.1, 0.15) is 11.9 Å². The van der Waals surface area contributed by atoms with Gasteiger partial charge in [-0.1, -0.05) is 24.3 Å². The van der Waals surface area contributed by atoms with Crippen LogP contribution in [0.3, 0.4) is 0 Å². The van der Waals surface area contributed by atoms with Gasteiger partial charge in [-0.05, 0) is 45.8 Å². The van der Waals surface area contributed by atoms with Crippen LogP contribution in [0.15, 0.2) is 59.2 Å². The predicted octanol–water partition coefficient (Wildman–Crippen LogP) is 3.49. The van der Waals surface area contributed by atoms with Gasteiger partial charge in [0.15, 0.2) is 0 Å². The molecular weight excluding hydrogens is 349 g/mol. The van der Waals surface area contributed by atoms with E-state index in [1.165, 1.54) is 12.1 Å². The molecule has 3 aromatic rings. The van der Waals surface area contributed by atoms with Gasteiger partial charge in [-0.2, -0.15) is 0 Å². The van der Waals surface area contributed by atoms with Gasteiger partial charge in [-0.3, -0.25) is 0 Å². The number of aromatic nitrogens is 1. The lowest BCUT2D eigenvalue weighted by atomic mass is 10.0. The maximum atomic E-state index is 13.6. The minimum atomic E-state index is -1.04. The fourth-order valence-electron chi connectivity index (χ4n) is 2.76. The Bertz CT molecular complexity index is 802. The van der Waals surface area contributed by atoms with Gasteiger partial charge in [-0.25, -0.2) is 4.39 Å². The van der Waals surface area contributed by atoms with Crippen molar-refractivity contribution < 1.29 is 14.6 Å². The molecule has 0 radical (unpaired) electrons. The first-order valence-corrected chi connectivity index (χ1v) is 7.70. The van der Waals surface area contributed by atoms with Crippen molar-refractivity contribution >= 4 is 26.8 Å². The van der Waals surface area contributed by atoms with Crippen molar-refractivity contribution in [2.45, 2.75) is 12.1 Å². The third kappa shape index (κ3) is 2.67. The Hall–Kier alpha value is -1.69. The summed E-state index contributed by atoms with van der Waals surface area (Å²) >= 11 is 3.51. The van der Waals surface area contributed by atoms with Crippen molar-refractivity contribution in [2.24, 2.45) is 0 Å². The lowest BCUT2D eigenvalue weighted by Gasteiger charge is -2.25. The Balaban J connectivity index is 2.21. The second-order valence-electron chi connectivity index (χ2n) is 5.15. The first kappa shape index (κ1) is 15.2. The molecule has 0 aliphatic carbocycles. The molecule has 0 bridgehead atoms. The van der Waals surface area contributed by atoms with Gasteiger partial charge >= 0.3 is 0 Å². The van der Waals surface area contributed by atoms with Crippen LogP contribution in [0.1, 0.15) is 11.6 Å². The fourth-order valence-corrected chi connectivity index (χ4v) is 3.35. The Morgan fingerprint density at radius 3 is 2.64 bits per heavy atom. The van der Waals surface area contributed by atoms with E-state index in [9.17, 15) is 14.6 Å². The zero-order valence-corrected chi connectivity index (χ0v) is 13.2. The molecule has 2 atom stereocenters. The first-order chi connectivity index (χ1) is 10.6. The van der Waals surface area contributed by atoms with Crippen molar-refractivity contribution in [2.75, 3.05) is 6.61 Å². The molecule has 2 N–H and O–H groups in total. The number of benzene rings is 2. The molecular formula is C17H15BrFNO2. The summed E-state index contributed by atoms with van der Waals surface area (Å²) in [4.78, 5) is 0. The van der Waals surface area contributed by atoms with Crippen LogP contribution in [0.4, 0.5) is 4.39 Å². The van der Waals surface area contributed by atoms with Gasteiger partial charge in [-0.15, -0.1) is 0 Å². The Morgan fingerprint density at radius 2 is 1.91 bits per heavy atom. The number of aliphatic hydroxyl groups excluding tert-OH is 2. The molecule has 1 aromatic heterocycles. The van der Waals surface area contributed by atoms with Crippen LogP contribution in [0.2, 0.25) is 0 Å². The number of aliphatic hydroxyl groups is 2. The molecule has 5 heteroatoms.